The van der Waals surface area contributed by atoms with Gasteiger partial charge >= 0.3 is 0 Å². The summed E-state index contributed by atoms with van der Waals surface area (Å²) >= 11 is 0. The number of aromatic nitrogens is 4. The van der Waals surface area contributed by atoms with Crippen molar-refractivity contribution < 1.29 is 4.63 Å². The van der Waals surface area contributed by atoms with Crippen molar-refractivity contribution in [2.45, 2.75) is 26.7 Å². The van der Waals surface area contributed by atoms with Gasteiger partial charge in [0.2, 0.25) is 11.3 Å². The molecule has 0 radical (unpaired) electrons. The SMILES string of the molecule is CCCNc1nc2nonc2nc1NCCC. The van der Waals surface area contributed by atoms with Crippen molar-refractivity contribution in [1.82, 2.24) is 20.3 Å². The Bertz CT molecular complexity index is 441. The molecule has 0 atom stereocenters. The second kappa shape index (κ2) is 5.42. The maximum absolute atomic E-state index is 4.60. The highest BCUT2D eigenvalue weighted by atomic mass is 16.6. The van der Waals surface area contributed by atoms with Crippen LogP contribution < -0.4 is 10.6 Å². The molecule has 92 valence electrons. The first-order valence-electron chi connectivity index (χ1n) is 5.83. The van der Waals surface area contributed by atoms with Crippen LogP contribution in [-0.2, 0) is 0 Å². The molecule has 0 fully saturated rings. The van der Waals surface area contributed by atoms with Crippen molar-refractivity contribution in [2.75, 3.05) is 23.7 Å². The van der Waals surface area contributed by atoms with Gasteiger partial charge in [-0.3, -0.25) is 0 Å². The Balaban J connectivity index is 2.29. The molecule has 0 aliphatic carbocycles. The van der Waals surface area contributed by atoms with E-state index >= 15 is 0 Å². The minimum atomic E-state index is 0.422. The molecule has 2 N–H and O–H groups in total. The second-order valence-corrected chi connectivity index (χ2v) is 3.69. The second-order valence-electron chi connectivity index (χ2n) is 3.69. The van der Waals surface area contributed by atoms with Gasteiger partial charge in [-0.05, 0) is 23.2 Å². The highest BCUT2D eigenvalue weighted by Crippen LogP contribution is 2.19. The molecule has 2 aromatic heterocycles. The van der Waals surface area contributed by atoms with Crippen LogP contribution in [0, 0.1) is 0 Å². The van der Waals surface area contributed by atoms with E-state index in [9.17, 15) is 0 Å². The van der Waals surface area contributed by atoms with Crippen LogP contribution in [0.2, 0.25) is 0 Å². The van der Waals surface area contributed by atoms with Gasteiger partial charge in [0.1, 0.15) is 0 Å². The van der Waals surface area contributed by atoms with Crippen molar-refractivity contribution in [3.05, 3.63) is 0 Å². The van der Waals surface area contributed by atoms with Crippen molar-refractivity contribution in [3.63, 3.8) is 0 Å². The maximum Gasteiger partial charge on any atom is 0.245 e. The van der Waals surface area contributed by atoms with E-state index in [-0.39, 0.29) is 0 Å². The third-order valence-electron chi connectivity index (χ3n) is 2.20. The largest absolute Gasteiger partial charge is 0.367 e. The number of fused-ring (bicyclic) bond motifs is 1. The predicted molar refractivity (Wildman–Crippen MR) is 65.0 cm³/mol. The van der Waals surface area contributed by atoms with Crippen molar-refractivity contribution >= 4 is 22.9 Å². The molecular formula is C10H16N6O. The summed E-state index contributed by atoms with van der Waals surface area (Å²) in [5, 5.41) is 13.8. The summed E-state index contributed by atoms with van der Waals surface area (Å²) in [5.41, 5.74) is 0.844. The Labute approximate surface area is 99.0 Å². The first-order chi connectivity index (χ1) is 8.35. The molecule has 7 heteroatoms. The van der Waals surface area contributed by atoms with Gasteiger partial charge in [0.05, 0.1) is 0 Å². The average molecular weight is 236 g/mol. The number of nitrogens with one attached hydrogen (secondary N) is 2. The highest BCUT2D eigenvalue weighted by molar-refractivity contribution is 5.73. The lowest BCUT2D eigenvalue weighted by Gasteiger charge is -2.09. The molecule has 17 heavy (non-hydrogen) atoms. The van der Waals surface area contributed by atoms with Gasteiger partial charge in [0.15, 0.2) is 11.6 Å². The number of anilines is 2. The monoisotopic (exact) mass is 236 g/mol. The van der Waals surface area contributed by atoms with Gasteiger partial charge in [-0.25, -0.2) is 14.6 Å². The summed E-state index contributed by atoms with van der Waals surface area (Å²) in [7, 11) is 0. The normalized spacial score (nSPS) is 10.7. The minimum Gasteiger partial charge on any atom is -0.367 e. The molecule has 0 spiro atoms. The predicted octanol–water partition coefficient (Wildman–Crippen LogP) is 1.66. The molecule has 7 nitrogen and oxygen atoms in total. The van der Waals surface area contributed by atoms with Gasteiger partial charge in [-0.2, -0.15) is 0 Å². The quantitative estimate of drug-likeness (QED) is 0.788. The zero-order valence-electron chi connectivity index (χ0n) is 10.0. The summed E-state index contributed by atoms with van der Waals surface area (Å²) in [6.07, 6.45) is 2.04. The van der Waals surface area contributed by atoms with Crippen molar-refractivity contribution in [1.29, 1.82) is 0 Å². The number of rotatable bonds is 6. The number of hydrogen-bond acceptors (Lipinski definition) is 7. The van der Waals surface area contributed by atoms with E-state index in [2.05, 4.69) is 49.4 Å². The van der Waals surface area contributed by atoms with E-state index in [0.29, 0.717) is 22.9 Å². The molecule has 0 unspecified atom stereocenters. The van der Waals surface area contributed by atoms with Gasteiger partial charge < -0.3 is 10.6 Å². The van der Waals surface area contributed by atoms with Crippen LogP contribution in [-0.4, -0.2) is 33.4 Å². The number of hydrogen-bond donors (Lipinski definition) is 2. The average Bonchev–Trinajstić information content (AvgIpc) is 2.80. The van der Waals surface area contributed by atoms with Gasteiger partial charge in [-0.1, -0.05) is 13.8 Å². The van der Waals surface area contributed by atoms with Crippen LogP contribution in [0.4, 0.5) is 11.6 Å². The van der Waals surface area contributed by atoms with Gasteiger partial charge in [0.25, 0.3) is 0 Å². The molecule has 0 aliphatic rings. The van der Waals surface area contributed by atoms with E-state index in [4.69, 9.17) is 0 Å². The van der Waals surface area contributed by atoms with Crippen LogP contribution in [0.15, 0.2) is 4.63 Å². The zero-order valence-corrected chi connectivity index (χ0v) is 10.0. The minimum absolute atomic E-state index is 0.422. The van der Waals surface area contributed by atoms with Crippen LogP contribution in [0.25, 0.3) is 11.3 Å². The van der Waals surface area contributed by atoms with E-state index in [1.54, 1.807) is 0 Å². The third kappa shape index (κ3) is 2.61. The first-order valence-corrected chi connectivity index (χ1v) is 5.83. The Kier molecular flexibility index (Phi) is 3.69. The van der Waals surface area contributed by atoms with E-state index in [0.717, 1.165) is 25.9 Å². The smallest absolute Gasteiger partial charge is 0.245 e. The summed E-state index contributed by atoms with van der Waals surface area (Å²) < 4.78 is 4.60. The molecule has 2 aromatic rings. The fraction of sp³-hybridized carbons (Fsp3) is 0.600. The standard InChI is InChI=1S/C10H16N6O/c1-3-5-11-7-8(12-6-4-2)14-10-9(13-7)15-17-16-10/h3-6H2,1-2H3,(H,11,13,15)(H,12,14,16). The number of nitrogens with zero attached hydrogens (tertiary/aromatic N) is 4. The Morgan fingerprint density at radius 1 is 0.882 bits per heavy atom. The van der Waals surface area contributed by atoms with Crippen molar-refractivity contribution in [3.8, 4) is 0 Å². The molecular weight excluding hydrogens is 220 g/mol. The van der Waals surface area contributed by atoms with Crippen LogP contribution >= 0.6 is 0 Å². The Morgan fingerprint density at radius 3 is 1.76 bits per heavy atom. The Morgan fingerprint density at radius 2 is 1.35 bits per heavy atom. The fourth-order valence-corrected chi connectivity index (χ4v) is 1.37. The molecule has 0 aliphatic heterocycles. The summed E-state index contributed by atoms with van der Waals surface area (Å²) in [6, 6.07) is 0. The molecule has 0 saturated carbocycles. The lowest BCUT2D eigenvalue weighted by Crippen LogP contribution is -2.10. The molecule has 2 rings (SSSR count). The van der Waals surface area contributed by atoms with Crippen molar-refractivity contribution in [2.24, 2.45) is 0 Å². The van der Waals surface area contributed by atoms with E-state index in [1.807, 2.05) is 0 Å². The van der Waals surface area contributed by atoms with Crippen LogP contribution in [0.5, 0.6) is 0 Å². The topological polar surface area (TPSA) is 88.8 Å². The van der Waals surface area contributed by atoms with E-state index in [1.165, 1.54) is 0 Å². The van der Waals surface area contributed by atoms with Gasteiger partial charge in [0, 0.05) is 13.1 Å². The van der Waals surface area contributed by atoms with Crippen LogP contribution in [0.3, 0.4) is 0 Å². The molecule has 0 bridgehead atoms. The zero-order chi connectivity index (χ0) is 12.1. The van der Waals surface area contributed by atoms with Gasteiger partial charge in [-0.15, -0.1) is 0 Å². The first kappa shape index (κ1) is 11.6. The third-order valence-corrected chi connectivity index (χ3v) is 2.20. The highest BCUT2D eigenvalue weighted by Gasteiger charge is 2.11. The molecule has 0 saturated heterocycles. The Hall–Kier alpha value is -1.92. The fourth-order valence-electron chi connectivity index (χ4n) is 1.37. The lowest BCUT2D eigenvalue weighted by molar-refractivity contribution is 0.314. The van der Waals surface area contributed by atoms with E-state index < -0.39 is 0 Å². The summed E-state index contributed by atoms with van der Waals surface area (Å²) in [5.74, 6) is 1.40. The summed E-state index contributed by atoms with van der Waals surface area (Å²) in [6.45, 7) is 5.87. The maximum atomic E-state index is 4.60. The molecule has 0 amide bonds. The lowest BCUT2D eigenvalue weighted by atomic mass is 10.4. The molecule has 0 aromatic carbocycles. The van der Waals surface area contributed by atoms with Crippen LogP contribution in [0.1, 0.15) is 26.7 Å². The summed E-state index contributed by atoms with van der Waals surface area (Å²) in [4.78, 5) is 8.64. The molecule has 2 heterocycles.